The number of amides is 1. The smallest absolute Gasteiger partial charge is 0.328 e. The number of hydrogen-bond acceptors (Lipinski definition) is 5. The number of carbonyl (C=O) groups excluding carboxylic acids is 1. The number of aliphatic carboxylic acids is 1. The Morgan fingerprint density at radius 3 is 2.53 bits per heavy atom. The highest BCUT2D eigenvalue weighted by Gasteiger charge is 2.18. The van der Waals surface area contributed by atoms with Crippen LogP contribution >= 0.6 is 0 Å². The van der Waals surface area contributed by atoms with Gasteiger partial charge in [0, 0.05) is 7.11 Å². The second-order valence-electron chi connectivity index (χ2n) is 2.69. The summed E-state index contributed by atoms with van der Waals surface area (Å²) in [6.45, 7) is -0.303. The van der Waals surface area contributed by atoms with E-state index in [-0.39, 0.29) is 13.2 Å². The third kappa shape index (κ3) is 6.83. The minimum atomic E-state index is -1.29. The lowest BCUT2D eigenvalue weighted by Crippen LogP contribution is -2.44. The van der Waals surface area contributed by atoms with Crippen LogP contribution in [-0.4, -0.2) is 61.7 Å². The lowest BCUT2D eigenvalue weighted by Gasteiger charge is -2.11. The Labute approximate surface area is 87.0 Å². The minimum Gasteiger partial charge on any atom is -0.480 e. The number of ether oxygens (including phenoxy) is 2. The number of methoxy groups -OCH3 is 1. The fraction of sp³-hybridized carbons (Fsp3) is 0.750. The van der Waals surface area contributed by atoms with E-state index in [1.54, 1.807) is 0 Å². The van der Waals surface area contributed by atoms with Crippen molar-refractivity contribution in [1.82, 2.24) is 5.32 Å². The molecule has 7 heteroatoms. The molecule has 7 nitrogen and oxygen atoms in total. The van der Waals surface area contributed by atoms with Gasteiger partial charge in [0.2, 0.25) is 5.91 Å². The third-order valence-corrected chi connectivity index (χ3v) is 1.48. The summed E-state index contributed by atoms with van der Waals surface area (Å²) in [5.41, 5.74) is 0. The zero-order chi connectivity index (χ0) is 11.7. The van der Waals surface area contributed by atoms with Gasteiger partial charge in [0.15, 0.2) is 0 Å². The maximum absolute atomic E-state index is 11.0. The van der Waals surface area contributed by atoms with Gasteiger partial charge in [0.25, 0.3) is 0 Å². The summed E-state index contributed by atoms with van der Waals surface area (Å²) >= 11 is 0. The van der Waals surface area contributed by atoms with Crippen LogP contribution in [0.4, 0.5) is 0 Å². The normalized spacial score (nSPS) is 12.1. The van der Waals surface area contributed by atoms with Crippen LogP contribution in [0.5, 0.6) is 0 Å². The number of nitrogens with one attached hydrogen (secondary N) is 1. The molecule has 0 aromatic carbocycles. The van der Waals surface area contributed by atoms with E-state index in [1.807, 2.05) is 0 Å². The highest BCUT2D eigenvalue weighted by atomic mass is 16.5. The van der Waals surface area contributed by atoms with E-state index in [0.29, 0.717) is 6.61 Å². The molecule has 0 radical (unpaired) electrons. The van der Waals surface area contributed by atoms with Crippen LogP contribution in [0.25, 0.3) is 0 Å². The van der Waals surface area contributed by atoms with E-state index in [0.717, 1.165) is 0 Å². The van der Waals surface area contributed by atoms with Crippen LogP contribution in [0.15, 0.2) is 0 Å². The summed E-state index contributed by atoms with van der Waals surface area (Å²) in [7, 11) is 1.50. The molecule has 0 aliphatic heterocycles. The number of rotatable bonds is 8. The Morgan fingerprint density at radius 2 is 2.07 bits per heavy atom. The van der Waals surface area contributed by atoms with Gasteiger partial charge in [-0.05, 0) is 0 Å². The zero-order valence-corrected chi connectivity index (χ0v) is 8.43. The van der Waals surface area contributed by atoms with Gasteiger partial charge in [0.1, 0.15) is 12.6 Å². The average Bonchev–Trinajstić information content (AvgIpc) is 2.20. The summed E-state index contributed by atoms with van der Waals surface area (Å²) < 4.78 is 9.52. The first kappa shape index (κ1) is 13.8. The van der Waals surface area contributed by atoms with E-state index < -0.39 is 24.5 Å². The maximum atomic E-state index is 11.0. The Balaban J connectivity index is 3.67. The Bertz CT molecular complexity index is 207. The van der Waals surface area contributed by atoms with Crippen molar-refractivity contribution in [2.24, 2.45) is 0 Å². The molecule has 0 saturated carbocycles. The Morgan fingerprint density at radius 1 is 1.40 bits per heavy atom. The second kappa shape index (κ2) is 8.16. The van der Waals surface area contributed by atoms with Crippen LogP contribution in [0.3, 0.4) is 0 Å². The fourth-order valence-corrected chi connectivity index (χ4v) is 0.729. The molecule has 0 fully saturated rings. The predicted molar refractivity (Wildman–Crippen MR) is 49.3 cm³/mol. The maximum Gasteiger partial charge on any atom is 0.328 e. The lowest BCUT2D eigenvalue weighted by molar-refractivity contribution is -0.143. The van der Waals surface area contributed by atoms with Gasteiger partial charge in [-0.15, -0.1) is 0 Å². The highest BCUT2D eigenvalue weighted by molar-refractivity contribution is 5.84. The summed E-state index contributed by atoms with van der Waals surface area (Å²) in [5.74, 6) is -1.88. The van der Waals surface area contributed by atoms with Gasteiger partial charge in [-0.1, -0.05) is 0 Å². The molecule has 0 spiro atoms. The largest absolute Gasteiger partial charge is 0.480 e. The first-order chi connectivity index (χ1) is 7.11. The molecule has 0 aliphatic carbocycles. The molecule has 0 saturated heterocycles. The van der Waals surface area contributed by atoms with Crippen LogP contribution in [0.2, 0.25) is 0 Å². The molecule has 0 heterocycles. The molecule has 0 bridgehead atoms. The van der Waals surface area contributed by atoms with Crippen molar-refractivity contribution >= 4 is 11.9 Å². The summed E-state index contributed by atoms with van der Waals surface area (Å²) in [6.07, 6.45) is 0. The SMILES string of the molecule is COCCOCC(=O)NC(CO)C(=O)O. The number of aliphatic hydroxyl groups is 1. The van der Waals surface area contributed by atoms with Crippen LogP contribution in [0, 0.1) is 0 Å². The molecular formula is C8H15NO6. The van der Waals surface area contributed by atoms with Gasteiger partial charge >= 0.3 is 5.97 Å². The summed E-state index contributed by atoms with van der Waals surface area (Å²) in [6, 6.07) is -1.29. The van der Waals surface area contributed by atoms with E-state index in [1.165, 1.54) is 7.11 Å². The molecule has 0 aromatic rings. The number of carboxylic acid groups (broad SMARTS) is 1. The molecule has 1 unspecified atom stereocenters. The molecule has 1 amide bonds. The molecule has 3 N–H and O–H groups in total. The van der Waals surface area contributed by atoms with Crippen LogP contribution in [-0.2, 0) is 19.1 Å². The predicted octanol–water partition coefficient (Wildman–Crippen LogP) is -1.79. The quantitative estimate of drug-likeness (QED) is 0.418. The van der Waals surface area contributed by atoms with E-state index in [2.05, 4.69) is 10.1 Å². The summed E-state index contributed by atoms with van der Waals surface area (Å²) in [4.78, 5) is 21.4. The highest BCUT2D eigenvalue weighted by Crippen LogP contribution is 1.84. The molecule has 0 aliphatic rings. The van der Waals surface area contributed by atoms with Crippen molar-refractivity contribution in [3.63, 3.8) is 0 Å². The first-order valence-electron chi connectivity index (χ1n) is 4.31. The molecule has 15 heavy (non-hydrogen) atoms. The van der Waals surface area contributed by atoms with Crippen molar-refractivity contribution in [2.75, 3.05) is 33.5 Å². The lowest BCUT2D eigenvalue weighted by atomic mass is 10.3. The topological polar surface area (TPSA) is 105 Å². The number of aliphatic hydroxyl groups excluding tert-OH is 1. The fourth-order valence-electron chi connectivity index (χ4n) is 0.729. The summed E-state index contributed by atoms with van der Waals surface area (Å²) in [5, 5.41) is 19.2. The van der Waals surface area contributed by atoms with Crippen LogP contribution in [0.1, 0.15) is 0 Å². The zero-order valence-electron chi connectivity index (χ0n) is 8.43. The number of carbonyl (C=O) groups is 2. The van der Waals surface area contributed by atoms with Gasteiger partial charge in [0.05, 0.1) is 19.8 Å². The van der Waals surface area contributed by atoms with Crippen molar-refractivity contribution in [3.05, 3.63) is 0 Å². The van der Waals surface area contributed by atoms with Crippen molar-refractivity contribution in [3.8, 4) is 0 Å². The first-order valence-corrected chi connectivity index (χ1v) is 4.31. The monoisotopic (exact) mass is 221 g/mol. The number of carboxylic acids is 1. The third-order valence-electron chi connectivity index (χ3n) is 1.48. The minimum absolute atomic E-state index is 0.251. The van der Waals surface area contributed by atoms with Crippen molar-refractivity contribution in [2.45, 2.75) is 6.04 Å². The number of hydrogen-bond donors (Lipinski definition) is 3. The van der Waals surface area contributed by atoms with Crippen molar-refractivity contribution in [1.29, 1.82) is 0 Å². The van der Waals surface area contributed by atoms with E-state index in [9.17, 15) is 9.59 Å². The van der Waals surface area contributed by atoms with Gasteiger partial charge < -0.3 is 25.0 Å². The molecule has 0 aromatic heterocycles. The Hall–Kier alpha value is -1.18. The molecular weight excluding hydrogens is 206 g/mol. The molecule has 0 rings (SSSR count). The van der Waals surface area contributed by atoms with Crippen LogP contribution < -0.4 is 5.32 Å². The van der Waals surface area contributed by atoms with E-state index >= 15 is 0 Å². The molecule has 88 valence electrons. The Kier molecular flexibility index (Phi) is 7.51. The standard InChI is InChI=1S/C8H15NO6/c1-14-2-3-15-5-7(11)9-6(4-10)8(12)13/h6,10H,2-5H2,1H3,(H,9,11)(H,12,13). The molecule has 1 atom stereocenters. The second-order valence-corrected chi connectivity index (χ2v) is 2.69. The van der Waals surface area contributed by atoms with Gasteiger partial charge in [-0.3, -0.25) is 4.79 Å². The van der Waals surface area contributed by atoms with E-state index in [4.69, 9.17) is 14.9 Å². The van der Waals surface area contributed by atoms with Gasteiger partial charge in [-0.2, -0.15) is 0 Å². The van der Waals surface area contributed by atoms with Gasteiger partial charge in [-0.25, -0.2) is 4.79 Å². The average molecular weight is 221 g/mol. The van der Waals surface area contributed by atoms with Crippen molar-refractivity contribution < 1.29 is 29.3 Å².